The summed E-state index contributed by atoms with van der Waals surface area (Å²) < 4.78 is 11.1. The molecule has 136 valence electrons. The fourth-order valence-corrected chi connectivity index (χ4v) is 4.25. The van der Waals surface area contributed by atoms with Crippen LogP contribution in [0.2, 0.25) is 0 Å². The lowest BCUT2D eigenvalue weighted by molar-refractivity contribution is -0.126. The Bertz CT molecular complexity index is 952. The number of hydrogen-bond donors (Lipinski definition) is 1. The summed E-state index contributed by atoms with van der Waals surface area (Å²) in [5.74, 6) is -1.99. The van der Waals surface area contributed by atoms with E-state index < -0.39 is 29.4 Å². The number of hydrogen-bond acceptors (Lipinski definition) is 5. The molecule has 5 rings (SSSR count). The number of ether oxygens (including phenoxy) is 1. The summed E-state index contributed by atoms with van der Waals surface area (Å²) >= 11 is 0. The van der Waals surface area contributed by atoms with E-state index in [1.165, 1.54) is 11.2 Å². The van der Waals surface area contributed by atoms with Crippen LogP contribution >= 0.6 is 0 Å². The molecule has 2 fully saturated rings. The van der Waals surface area contributed by atoms with Crippen LogP contribution in [0.4, 0.5) is 5.69 Å². The maximum atomic E-state index is 13.1. The molecule has 4 heterocycles. The number of para-hydroxylation sites is 1. The maximum Gasteiger partial charge on any atom is 0.287 e. The molecule has 27 heavy (non-hydrogen) atoms. The van der Waals surface area contributed by atoms with Gasteiger partial charge in [-0.1, -0.05) is 30.4 Å². The van der Waals surface area contributed by atoms with E-state index in [1.54, 1.807) is 48.6 Å². The SMILES string of the molecule is O=C(NC[C@@]12C=C[C@H](O1)[C@H]1C(=O)N(c3ccccc3)C(=O)[C@H]12)c1ccco1. The third-order valence-corrected chi connectivity index (χ3v) is 5.44. The quantitative estimate of drug-likeness (QED) is 0.656. The van der Waals surface area contributed by atoms with Gasteiger partial charge in [-0.2, -0.15) is 0 Å². The Morgan fingerprint density at radius 2 is 1.93 bits per heavy atom. The molecule has 0 saturated carbocycles. The summed E-state index contributed by atoms with van der Waals surface area (Å²) in [5, 5.41) is 2.76. The fraction of sp³-hybridized carbons (Fsp3) is 0.250. The van der Waals surface area contributed by atoms with E-state index >= 15 is 0 Å². The number of imide groups is 1. The van der Waals surface area contributed by atoms with Crippen molar-refractivity contribution in [2.24, 2.45) is 11.8 Å². The van der Waals surface area contributed by atoms with E-state index in [-0.39, 0.29) is 24.1 Å². The van der Waals surface area contributed by atoms with Crippen molar-refractivity contribution < 1.29 is 23.5 Å². The van der Waals surface area contributed by atoms with Gasteiger partial charge in [-0.15, -0.1) is 0 Å². The molecule has 0 aliphatic carbocycles. The highest BCUT2D eigenvalue weighted by molar-refractivity contribution is 6.23. The van der Waals surface area contributed by atoms with E-state index in [0.717, 1.165) is 0 Å². The minimum Gasteiger partial charge on any atom is -0.459 e. The first-order valence-corrected chi connectivity index (χ1v) is 8.72. The molecule has 1 N–H and O–H groups in total. The molecule has 0 spiro atoms. The molecule has 7 heteroatoms. The Labute approximate surface area is 154 Å². The molecule has 3 amide bonds. The van der Waals surface area contributed by atoms with E-state index in [4.69, 9.17) is 9.15 Å². The van der Waals surface area contributed by atoms with Crippen LogP contribution in [0.15, 0.2) is 65.3 Å². The maximum absolute atomic E-state index is 13.1. The monoisotopic (exact) mass is 364 g/mol. The van der Waals surface area contributed by atoms with Crippen LogP contribution in [0.1, 0.15) is 10.6 Å². The van der Waals surface area contributed by atoms with Gasteiger partial charge in [0.15, 0.2) is 5.76 Å². The van der Waals surface area contributed by atoms with Gasteiger partial charge in [-0.05, 0) is 24.3 Å². The Morgan fingerprint density at radius 3 is 2.67 bits per heavy atom. The molecular weight excluding hydrogens is 348 g/mol. The highest BCUT2D eigenvalue weighted by atomic mass is 16.5. The van der Waals surface area contributed by atoms with Gasteiger partial charge in [0, 0.05) is 0 Å². The number of furan rings is 1. The molecule has 0 unspecified atom stereocenters. The van der Waals surface area contributed by atoms with Crippen LogP contribution in [-0.2, 0) is 14.3 Å². The second-order valence-electron chi connectivity index (χ2n) is 6.91. The van der Waals surface area contributed by atoms with Crippen LogP contribution < -0.4 is 10.2 Å². The van der Waals surface area contributed by atoms with E-state index in [2.05, 4.69) is 5.32 Å². The normalized spacial score (nSPS) is 30.8. The van der Waals surface area contributed by atoms with Crippen molar-refractivity contribution in [3.05, 3.63) is 66.6 Å². The van der Waals surface area contributed by atoms with Crippen LogP contribution in [0, 0.1) is 11.8 Å². The highest BCUT2D eigenvalue weighted by Crippen LogP contribution is 2.52. The largest absolute Gasteiger partial charge is 0.459 e. The number of anilines is 1. The van der Waals surface area contributed by atoms with Gasteiger partial charge < -0.3 is 14.5 Å². The Balaban J connectivity index is 1.42. The van der Waals surface area contributed by atoms with Gasteiger partial charge >= 0.3 is 0 Å². The lowest BCUT2D eigenvalue weighted by Gasteiger charge is -2.28. The predicted molar refractivity (Wildman–Crippen MR) is 93.7 cm³/mol. The van der Waals surface area contributed by atoms with Crippen LogP contribution in [0.3, 0.4) is 0 Å². The van der Waals surface area contributed by atoms with Gasteiger partial charge in [-0.3, -0.25) is 14.4 Å². The summed E-state index contributed by atoms with van der Waals surface area (Å²) in [7, 11) is 0. The zero-order chi connectivity index (χ0) is 18.6. The van der Waals surface area contributed by atoms with Gasteiger partial charge in [0.25, 0.3) is 5.91 Å². The molecule has 0 radical (unpaired) electrons. The molecule has 3 aliphatic heterocycles. The topological polar surface area (TPSA) is 88.9 Å². The van der Waals surface area contributed by atoms with Crippen molar-refractivity contribution in [3.63, 3.8) is 0 Å². The zero-order valence-corrected chi connectivity index (χ0v) is 14.2. The number of amides is 3. The summed E-state index contributed by atoms with van der Waals surface area (Å²) in [6.45, 7) is 0.0857. The van der Waals surface area contributed by atoms with Crippen molar-refractivity contribution in [2.45, 2.75) is 11.7 Å². The molecule has 2 saturated heterocycles. The minimum atomic E-state index is -1.02. The fourth-order valence-electron chi connectivity index (χ4n) is 4.25. The predicted octanol–water partition coefficient (Wildman–Crippen LogP) is 1.52. The number of benzene rings is 1. The van der Waals surface area contributed by atoms with Crippen molar-refractivity contribution in [1.82, 2.24) is 5.32 Å². The molecule has 1 aromatic heterocycles. The second-order valence-corrected chi connectivity index (χ2v) is 6.91. The van der Waals surface area contributed by atoms with Crippen molar-refractivity contribution in [1.29, 1.82) is 0 Å². The average molecular weight is 364 g/mol. The van der Waals surface area contributed by atoms with Gasteiger partial charge in [-0.25, -0.2) is 4.90 Å². The third-order valence-electron chi connectivity index (χ3n) is 5.44. The summed E-state index contributed by atoms with van der Waals surface area (Å²) in [4.78, 5) is 39.5. The molecule has 2 bridgehead atoms. The Kier molecular flexibility index (Phi) is 3.35. The third kappa shape index (κ3) is 2.21. The molecule has 4 atom stereocenters. The number of carbonyl (C=O) groups is 3. The van der Waals surface area contributed by atoms with Gasteiger partial charge in [0.1, 0.15) is 5.60 Å². The minimum absolute atomic E-state index is 0.0857. The number of carbonyl (C=O) groups excluding carboxylic acids is 3. The Hall–Kier alpha value is -3.19. The number of fused-ring (bicyclic) bond motifs is 5. The highest BCUT2D eigenvalue weighted by Gasteiger charge is 2.67. The van der Waals surface area contributed by atoms with E-state index in [1.807, 2.05) is 6.07 Å². The van der Waals surface area contributed by atoms with Crippen LogP contribution in [0.5, 0.6) is 0 Å². The first-order chi connectivity index (χ1) is 13.1. The lowest BCUT2D eigenvalue weighted by Crippen LogP contribution is -2.48. The number of rotatable bonds is 4. The van der Waals surface area contributed by atoms with Gasteiger partial charge in [0.05, 0.1) is 36.4 Å². The standard InChI is InChI=1S/C20H16N2O5/c23-17(14-7-4-10-26-14)21-11-20-9-8-13(27-20)15-16(20)19(25)22(18(15)24)12-5-2-1-3-6-12/h1-10,13,15-16H,11H2,(H,21,23)/t13-,15+,16-,20+/m0/s1. The van der Waals surface area contributed by atoms with Crippen LogP contribution in [0.25, 0.3) is 0 Å². The van der Waals surface area contributed by atoms with Crippen molar-refractivity contribution >= 4 is 23.4 Å². The van der Waals surface area contributed by atoms with Crippen molar-refractivity contribution in [3.8, 4) is 0 Å². The molecule has 3 aliphatic rings. The average Bonchev–Trinajstić information content (AvgIpc) is 3.44. The first-order valence-electron chi connectivity index (χ1n) is 8.72. The first kappa shape index (κ1) is 16.0. The Morgan fingerprint density at radius 1 is 1.11 bits per heavy atom. The van der Waals surface area contributed by atoms with E-state index in [9.17, 15) is 14.4 Å². The lowest BCUT2D eigenvalue weighted by atomic mass is 9.77. The molecular formula is C20H16N2O5. The number of nitrogens with one attached hydrogen (secondary N) is 1. The molecule has 7 nitrogen and oxygen atoms in total. The van der Waals surface area contributed by atoms with Crippen molar-refractivity contribution in [2.75, 3.05) is 11.4 Å². The second kappa shape index (κ2) is 5.65. The summed E-state index contributed by atoms with van der Waals surface area (Å²) in [5.41, 5.74) is -0.468. The summed E-state index contributed by atoms with van der Waals surface area (Å²) in [6.07, 6.45) is 4.55. The summed E-state index contributed by atoms with van der Waals surface area (Å²) in [6, 6.07) is 12.0. The smallest absolute Gasteiger partial charge is 0.287 e. The molecule has 2 aromatic rings. The zero-order valence-electron chi connectivity index (χ0n) is 14.2. The van der Waals surface area contributed by atoms with Crippen LogP contribution in [-0.4, -0.2) is 36.0 Å². The number of nitrogens with zero attached hydrogens (tertiary/aromatic N) is 1. The van der Waals surface area contributed by atoms with E-state index in [0.29, 0.717) is 5.69 Å². The van der Waals surface area contributed by atoms with Gasteiger partial charge in [0.2, 0.25) is 11.8 Å². The molecule has 1 aromatic carbocycles.